The zero-order chi connectivity index (χ0) is 21.1. The number of benzene rings is 1. The Labute approximate surface area is 181 Å². The summed E-state index contributed by atoms with van der Waals surface area (Å²) in [6, 6.07) is 8.03. The first-order chi connectivity index (χ1) is 14.4. The monoisotopic (exact) mass is 411 g/mol. The van der Waals surface area contributed by atoms with Gasteiger partial charge in [-0.3, -0.25) is 4.90 Å². The molecule has 2 fully saturated rings. The smallest absolute Gasteiger partial charge is 0.322 e. The lowest BCUT2D eigenvalue weighted by Gasteiger charge is -2.57. The number of allylic oxidation sites excluding steroid dienone is 1. The number of hydrogen-bond acceptors (Lipinski definition) is 3. The van der Waals surface area contributed by atoms with Gasteiger partial charge in [-0.25, -0.2) is 4.79 Å². The zero-order valence-corrected chi connectivity index (χ0v) is 18.8. The van der Waals surface area contributed by atoms with Crippen molar-refractivity contribution in [3.8, 4) is 0 Å². The third-order valence-corrected chi connectivity index (χ3v) is 7.64. The summed E-state index contributed by atoms with van der Waals surface area (Å²) in [6.07, 6.45) is 5.87. The second-order valence-electron chi connectivity index (χ2n) is 9.80. The maximum Gasteiger partial charge on any atom is 0.322 e. The van der Waals surface area contributed by atoms with Crippen molar-refractivity contribution in [3.63, 3.8) is 0 Å². The maximum atomic E-state index is 13.3. The average Bonchev–Trinajstić information content (AvgIpc) is 2.75. The van der Waals surface area contributed by atoms with E-state index in [1.807, 2.05) is 36.1 Å². The fraction of sp³-hybridized carbons (Fsp3) is 0.640. The molecule has 0 radical (unpaired) electrons. The third-order valence-electron chi connectivity index (χ3n) is 7.64. The molecule has 3 aliphatic carbocycles. The Morgan fingerprint density at radius 3 is 2.73 bits per heavy atom. The summed E-state index contributed by atoms with van der Waals surface area (Å²) in [5, 5.41) is 3.16. The SMILES string of the molecule is Cc1ccccc1NC(=O)N(CCCN1CCOCC1)CC1=CCC2CC1C2(C)C. The van der Waals surface area contributed by atoms with Gasteiger partial charge in [-0.05, 0) is 55.1 Å². The van der Waals surface area contributed by atoms with Crippen molar-refractivity contribution in [2.75, 3.05) is 51.3 Å². The van der Waals surface area contributed by atoms with Gasteiger partial charge in [0.05, 0.1) is 13.2 Å². The molecule has 1 aromatic rings. The van der Waals surface area contributed by atoms with E-state index < -0.39 is 0 Å². The topological polar surface area (TPSA) is 44.8 Å². The molecule has 0 aromatic heterocycles. The van der Waals surface area contributed by atoms with Gasteiger partial charge in [0.25, 0.3) is 0 Å². The van der Waals surface area contributed by atoms with Crippen LogP contribution in [0.25, 0.3) is 0 Å². The molecule has 4 aliphatic rings. The van der Waals surface area contributed by atoms with Crippen LogP contribution in [-0.4, -0.2) is 61.8 Å². The van der Waals surface area contributed by atoms with Gasteiger partial charge in [0.1, 0.15) is 0 Å². The molecule has 5 nitrogen and oxygen atoms in total. The molecule has 1 heterocycles. The molecule has 1 saturated carbocycles. The van der Waals surface area contributed by atoms with Crippen LogP contribution in [-0.2, 0) is 4.74 Å². The maximum absolute atomic E-state index is 13.3. The van der Waals surface area contributed by atoms with Crippen molar-refractivity contribution in [1.29, 1.82) is 0 Å². The van der Waals surface area contributed by atoms with E-state index >= 15 is 0 Å². The van der Waals surface area contributed by atoms with Gasteiger partial charge in [-0.15, -0.1) is 0 Å². The number of urea groups is 1. The molecule has 1 aromatic carbocycles. The molecule has 2 amide bonds. The summed E-state index contributed by atoms with van der Waals surface area (Å²) in [6.45, 7) is 13.0. The molecule has 2 atom stereocenters. The molecule has 1 N–H and O–H groups in total. The van der Waals surface area contributed by atoms with Crippen molar-refractivity contribution in [2.45, 2.75) is 40.0 Å². The highest BCUT2D eigenvalue weighted by molar-refractivity contribution is 5.90. The summed E-state index contributed by atoms with van der Waals surface area (Å²) in [4.78, 5) is 17.7. The Morgan fingerprint density at radius 1 is 1.27 bits per heavy atom. The van der Waals surface area contributed by atoms with Crippen LogP contribution in [0, 0.1) is 24.2 Å². The van der Waals surface area contributed by atoms with Gasteiger partial charge in [0.15, 0.2) is 0 Å². The van der Waals surface area contributed by atoms with Crippen LogP contribution >= 0.6 is 0 Å². The summed E-state index contributed by atoms with van der Waals surface area (Å²) in [5.41, 5.74) is 3.85. The minimum Gasteiger partial charge on any atom is -0.379 e. The van der Waals surface area contributed by atoms with E-state index in [2.05, 4.69) is 30.1 Å². The lowest BCUT2D eigenvalue weighted by atomic mass is 9.49. The minimum atomic E-state index is 0.0198. The van der Waals surface area contributed by atoms with Crippen LogP contribution in [0.4, 0.5) is 10.5 Å². The molecule has 164 valence electrons. The number of carbonyl (C=O) groups is 1. The van der Waals surface area contributed by atoms with Crippen molar-refractivity contribution in [1.82, 2.24) is 9.80 Å². The first-order valence-electron chi connectivity index (χ1n) is 11.6. The number of rotatable bonds is 7. The largest absolute Gasteiger partial charge is 0.379 e. The molecule has 30 heavy (non-hydrogen) atoms. The quantitative estimate of drug-likeness (QED) is 0.670. The Morgan fingerprint density at radius 2 is 2.03 bits per heavy atom. The van der Waals surface area contributed by atoms with E-state index in [0.717, 1.165) is 69.5 Å². The number of carbonyl (C=O) groups excluding carboxylic acids is 1. The lowest BCUT2D eigenvalue weighted by Crippen LogP contribution is -2.50. The minimum absolute atomic E-state index is 0.0198. The number of fused-ring (bicyclic) bond motifs is 1. The van der Waals surface area contributed by atoms with Gasteiger partial charge in [-0.1, -0.05) is 43.7 Å². The summed E-state index contributed by atoms with van der Waals surface area (Å²) >= 11 is 0. The number of nitrogens with one attached hydrogen (secondary N) is 1. The van der Waals surface area contributed by atoms with Gasteiger partial charge in [0, 0.05) is 38.4 Å². The molecular formula is C25H37N3O2. The number of para-hydroxylation sites is 1. The van der Waals surface area contributed by atoms with E-state index in [4.69, 9.17) is 4.74 Å². The molecule has 0 spiro atoms. The predicted octanol–water partition coefficient (Wildman–Crippen LogP) is 4.54. The highest BCUT2D eigenvalue weighted by Gasteiger charge is 2.51. The van der Waals surface area contributed by atoms with Crippen LogP contribution in [0.3, 0.4) is 0 Å². The Hall–Kier alpha value is -1.85. The van der Waals surface area contributed by atoms with E-state index in [1.165, 1.54) is 18.4 Å². The Balaban J connectivity index is 1.41. The molecule has 2 bridgehead atoms. The highest BCUT2D eigenvalue weighted by Crippen LogP contribution is 2.59. The van der Waals surface area contributed by atoms with Crippen molar-refractivity contribution in [3.05, 3.63) is 41.5 Å². The average molecular weight is 412 g/mol. The number of nitrogens with zero attached hydrogens (tertiary/aromatic N) is 2. The van der Waals surface area contributed by atoms with Crippen LogP contribution in [0.1, 0.15) is 38.7 Å². The lowest BCUT2D eigenvalue weighted by molar-refractivity contribution is -0.00964. The fourth-order valence-electron chi connectivity index (χ4n) is 5.35. The standard InChI is InChI=1S/C25H37N3O2/c1-19-7-4-5-8-23(19)26-24(29)28(12-6-11-27-13-15-30-16-14-27)18-20-9-10-21-17-22(20)25(21,2)3/h4-5,7-9,21-22H,6,10-18H2,1-3H3,(H,26,29). The number of aryl methyl sites for hydroxylation is 1. The van der Waals surface area contributed by atoms with Crippen LogP contribution in [0.2, 0.25) is 0 Å². The summed E-state index contributed by atoms with van der Waals surface area (Å²) < 4.78 is 5.46. The molecular weight excluding hydrogens is 374 g/mol. The van der Waals surface area contributed by atoms with Crippen molar-refractivity contribution < 1.29 is 9.53 Å². The first-order valence-corrected chi connectivity index (χ1v) is 11.6. The number of hydrogen-bond donors (Lipinski definition) is 1. The van der Waals surface area contributed by atoms with Crippen LogP contribution < -0.4 is 5.32 Å². The van der Waals surface area contributed by atoms with Gasteiger partial charge >= 0.3 is 6.03 Å². The second kappa shape index (κ2) is 9.11. The third kappa shape index (κ3) is 4.57. The number of morpholine rings is 1. The normalized spacial score (nSPS) is 25.2. The van der Waals surface area contributed by atoms with Gasteiger partial charge < -0.3 is 15.0 Å². The fourth-order valence-corrected chi connectivity index (χ4v) is 5.35. The molecule has 2 unspecified atom stereocenters. The van der Waals surface area contributed by atoms with E-state index in [0.29, 0.717) is 11.3 Å². The first kappa shape index (κ1) is 21.4. The summed E-state index contributed by atoms with van der Waals surface area (Å²) in [7, 11) is 0. The van der Waals surface area contributed by atoms with E-state index in [-0.39, 0.29) is 6.03 Å². The molecule has 5 rings (SSSR count). The Bertz CT molecular complexity index is 782. The number of amides is 2. The van der Waals surface area contributed by atoms with Crippen LogP contribution in [0.5, 0.6) is 0 Å². The summed E-state index contributed by atoms with van der Waals surface area (Å²) in [5.74, 6) is 1.45. The number of ether oxygens (including phenoxy) is 1. The predicted molar refractivity (Wildman–Crippen MR) is 122 cm³/mol. The van der Waals surface area contributed by atoms with Gasteiger partial charge in [0.2, 0.25) is 0 Å². The molecule has 1 saturated heterocycles. The highest BCUT2D eigenvalue weighted by atomic mass is 16.5. The van der Waals surface area contributed by atoms with E-state index in [9.17, 15) is 4.79 Å². The Kier molecular flexibility index (Phi) is 6.49. The van der Waals surface area contributed by atoms with Crippen molar-refractivity contribution >= 4 is 11.7 Å². The zero-order valence-electron chi connectivity index (χ0n) is 18.8. The molecule has 5 heteroatoms. The second-order valence-corrected chi connectivity index (χ2v) is 9.80. The van der Waals surface area contributed by atoms with E-state index in [1.54, 1.807) is 0 Å². The number of anilines is 1. The molecule has 1 aliphatic heterocycles. The van der Waals surface area contributed by atoms with Crippen LogP contribution in [0.15, 0.2) is 35.9 Å². The van der Waals surface area contributed by atoms with Crippen molar-refractivity contribution in [2.24, 2.45) is 17.3 Å². The van der Waals surface area contributed by atoms with Gasteiger partial charge in [-0.2, -0.15) is 0 Å².